The van der Waals surface area contributed by atoms with Gasteiger partial charge in [0.25, 0.3) is 0 Å². The highest BCUT2D eigenvalue weighted by atomic mass is 35.5. The number of halogens is 2. The lowest BCUT2D eigenvalue weighted by Gasteiger charge is -2.41. The SMILES string of the molecule is CCNC1CC2CCC(C1)N2c1c(Cl)ccc(C)c1Cl. The molecule has 2 aliphatic rings. The number of benzene rings is 1. The van der Waals surface area contributed by atoms with Gasteiger partial charge >= 0.3 is 0 Å². The third-order valence-electron chi connectivity index (χ3n) is 4.74. The molecule has 2 fully saturated rings. The molecule has 1 aromatic carbocycles. The van der Waals surface area contributed by atoms with Gasteiger partial charge in [-0.1, -0.05) is 36.2 Å². The summed E-state index contributed by atoms with van der Waals surface area (Å²) in [5.74, 6) is 0. The van der Waals surface area contributed by atoms with Gasteiger partial charge in [0, 0.05) is 18.1 Å². The first kappa shape index (κ1) is 14.5. The Balaban J connectivity index is 1.91. The average Bonchev–Trinajstić information content (AvgIpc) is 2.67. The molecular weight excluding hydrogens is 291 g/mol. The number of nitrogens with zero attached hydrogens (tertiary/aromatic N) is 1. The minimum absolute atomic E-state index is 0.578. The van der Waals surface area contributed by atoms with Gasteiger partial charge in [-0.2, -0.15) is 0 Å². The van der Waals surface area contributed by atoms with Crippen LogP contribution in [0.1, 0.15) is 38.2 Å². The summed E-state index contributed by atoms with van der Waals surface area (Å²) in [6.45, 7) is 5.29. The van der Waals surface area contributed by atoms with Crippen molar-refractivity contribution >= 4 is 28.9 Å². The predicted molar refractivity (Wildman–Crippen MR) is 87.2 cm³/mol. The van der Waals surface area contributed by atoms with E-state index in [0.717, 1.165) is 27.8 Å². The molecule has 0 aromatic heterocycles. The molecule has 1 aromatic rings. The summed E-state index contributed by atoms with van der Waals surface area (Å²) in [6, 6.07) is 5.79. The first-order valence-electron chi connectivity index (χ1n) is 7.58. The van der Waals surface area contributed by atoms with Crippen molar-refractivity contribution in [3.05, 3.63) is 27.7 Å². The van der Waals surface area contributed by atoms with Gasteiger partial charge in [0.05, 0.1) is 15.7 Å². The van der Waals surface area contributed by atoms with E-state index in [1.807, 2.05) is 12.1 Å². The Hall–Kier alpha value is -0.440. The van der Waals surface area contributed by atoms with Crippen LogP contribution < -0.4 is 10.2 Å². The van der Waals surface area contributed by atoms with Crippen LogP contribution in [0.4, 0.5) is 5.69 Å². The molecule has 2 atom stereocenters. The number of piperidine rings is 1. The molecular formula is C16H22Cl2N2. The predicted octanol–water partition coefficient (Wildman–Crippen LogP) is 4.41. The van der Waals surface area contributed by atoms with Gasteiger partial charge in [0.15, 0.2) is 0 Å². The molecule has 0 spiro atoms. The summed E-state index contributed by atoms with van der Waals surface area (Å²) < 4.78 is 0. The highest BCUT2D eigenvalue weighted by Crippen LogP contribution is 2.45. The first-order valence-corrected chi connectivity index (χ1v) is 8.33. The van der Waals surface area contributed by atoms with Crippen molar-refractivity contribution in [3.63, 3.8) is 0 Å². The summed E-state index contributed by atoms with van der Waals surface area (Å²) in [7, 11) is 0. The number of aryl methyl sites for hydroxylation is 1. The normalized spacial score (nSPS) is 29.0. The van der Waals surface area contributed by atoms with E-state index in [0.29, 0.717) is 18.1 Å². The maximum atomic E-state index is 6.55. The fraction of sp³-hybridized carbons (Fsp3) is 0.625. The van der Waals surface area contributed by atoms with Crippen LogP contribution >= 0.6 is 23.2 Å². The molecule has 2 nitrogen and oxygen atoms in total. The molecule has 0 amide bonds. The number of anilines is 1. The topological polar surface area (TPSA) is 15.3 Å². The number of hydrogen-bond donors (Lipinski definition) is 1. The van der Waals surface area contributed by atoms with Crippen LogP contribution in [0.3, 0.4) is 0 Å². The average molecular weight is 313 g/mol. The van der Waals surface area contributed by atoms with Gasteiger partial charge in [-0.15, -0.1) is 0 Å². The molecule has 0 radical (unpaired) electrons. The molecule has 2 aliphatic heterocycles. The van der Waals surface area contributed by atoms with E-state index >= 15 is 0 Å². The minimum atomic E-state index is 0.578. The molecule has 0 saturated carbocycles. The van der Waals surface area contributed by atoms with Crippen LogP contribution in [0.15, 0.2) is 12.1 Å². The maximum Gasteiger partial charge on any atom is 0.0752 e. The smallest absolute Gasteiger partial charge is 0.0752 e. The van der Waals surface area contributed by atoms with E-state index in [4.69, 9.17) is 23.2 Å². The Bertz CT molecular complexity index is 489. The van der Waals surface area contributed by atoms with Crippen molar-refractivity contribution in [1.82, 2.24) is 5.32 Å². The Kier molecular flexibility index (Phi) is 4.16. The molecule has 110 valence electrons. The Morgan fingerprint density at radius 3 is 2.45 bits per heavy atom. The maximum absolute atomic E-state index is 6.55. The van der Waals surface area contributed by atoms with Gasteiger partial charge in [-0.25, -0.2) is 0 Å². The molecule has 1 N–H and O–H groups in total. The van der Waals surface area contributed by atoms with E-state index in [9.17, 15) is 0 Å². The van der Waals surface area contributed by atoms with E-state index in [-0.39, 0.29) is 0 Å². The van der Waals surface area contributed by atoms with Gasteiger partial charge < -0.3 is 10.2 Å². The Morgan fingerprint density at radius 1 is 1.20 bits per heavy atom. The highest BCUT2D eigenvalue weighted by molar-refractivity contribution is 6.39. The summed E-state index contributed by atoms with van der Waals surface area (Å²) in [5.41, 5.74) is 2.18. The molecule has 4 heteroatoms. The van der Waals surface area contributed by atoms with Gasteiger partial charge in [0.1, 0.15) is 0 Å². The van der Waals surface area contributed by atoms with Crippen molar-refractivity contribution in [1.29, 1.82) is 0 Å². The van der Waals surface area contributed by atoms with Crippen molar-refractivity contribution in [2.75, 3.05) is 11.4 Å². The third kappa shape index (κ3) is 2.43. The summed E-state index contributed by atoms with van der Waals surface area (Å²) in [5, 5.41) is 5.23. The van der Waals surface area contributed by atoms with Crippen molar-refractivity contribution in [2.45, 2.75) is 57.7 Å². The zero-order chi connectivity index (χ0) is 14.3. The van der Waals surface area contributed by atoms with Crippen LogP contribution in [0, 0.1) is 6.92 Å². The van der Waals surface area contributed by atoms with Crippen molar-refractivity contribution < 1.29 is 0 Å². The zero-order valence-electron chi connectivity index (χ0n) is 12.1. The minimum Gasteiger partial charge on any atom is -0.363 e. The van der Waals surface area contributed by atoms with Gasteiger partial charge in [-0.05, 0) is 50.8 Å². The van der Waals surface area contributed by atoms with Gasteiger partial charge in [-0.3, -0.25) is 0 Å². The summed E-state index contributed by atoms with van der Waals surface area (Å²) in [6.07, 6.45) is 4.91. The molecule has 20 heavy (non-hydrogen) atoms. The van der Waals surface area contributed by atoms with Crippen molar-refractivity contribution in [2.24, 2.45) is 0 Å². The number of hydrogen-bond acceptors (Lipinski definition) is 2. The number of fused-ring (bicyclic) bond motifs is 2. The van der Waals surface area contributed by atoms with Crippen LogP contribution in [0.2, 0.25) is 10.0 Å². The van der Waals surface area contributed by atoms with Gasteiger partial charge in [0.2, 0.25) is 0 Å². The largest absolute Gasteiger partial charge is 0.363 e. The number of rotatable bonds is 3. The number of nitrogens with one attached hydrogen (secondary N) is 1. The fourth-order valence-corrected chi connectivity index (χ4v) is 4.44. The molecule has 2 saturated heterocycles. The standard InChI is InChI=1S/C16H22Cl2N2/c1-3-19-11-8-12-5-6-13(9-11)20(12)16-14(17)7-4-10(2)15(16)18/h4,7,11-13,19H,3,5-6,8-9H2,1-2H3. The summed E-state index contributed by atoms with van der Waals surface area (Å²) in [4.78, 5) is 2.51. The third-order valence-corrected chi connectivity index (χ3v) is 5.53. The summed E-state index contributed by atoms with van der Waals surface area (Å²) >= 11 is 13.0. The second-order valence-corrected chi connectivity index (χ2v) is 6.83. The lowest BCUT2D eigenvalue weighted by atomic mass is 9.96. The van der Waals surface area contributed by atoms with Crippen molar-refractivity contribution in [3.8, 4) is 0 Å². The molecule has 3 rings (SSSR count). The van der Waals surface area contributed by atoms with Crippen LogP contribution in [0.25, 0.3) is 0 Å². The quantitative estimate of drug-likeness (QED) is 0.889. The molecule has 2 unspecified atom stereocenters. The Labute approximate surface area is 131 Å². The highest BCUT2D eigenvalue weighted by Gasteiger charge is 2.41. The lowest BCUT2D eigenvalue weighted by molar-refractivity contribution is 0.361. The monoisotopic (exact) mass is 312 g/mol. The van der Waals surface area contributed by atoms with E-state index in [1.54, 1.807) is 0 Å². The Morgan fingerprint density at radius 2 is 1.85 bits per heavy atom. The molecule has 2 heterocycles. The van der Waals surface area contributed by atoms with Crippen LogP contribution in [-0.4, -0.2) is 24.7 Å². The van der Waals surface area contributed by atoms with Crippen LogP contribution in [0.5, 0.6) is 0 Å². The second kappa shape index (κ2) is 5.75. The molecule has 2 bridgehead atoms. The second-order valence-electron chi connectivity index (χ2n) is 6.05. The van der Waals surface area contributed by atoms with E-state index in [2.05, 4.69) is 24.1 Å². The zero-order valence-corrected chi connectivity index (χ0v) is 13.6. The van der Waals surface area contributed by atoms with E-state index < -0.39 is 0 Å². The van der Waals surface area contributed by atoms with E-state index in [1.165, 1.54) is 25.7 Å². The fourth-order valence-electron chi connectivity index (χ4n) is 3.88. The molecule has 0 aliphatic carbocycles. The first-order chi connectivity index (χ1) is 9.61. The van der Waals surface area contributed by atoms with Crippen LogP contribution in [-0.2, 0) is 0 Å². The lowest BCUT2D eigenvalue weighted by Crippen LogP contribution is -2.49.